The minimum absolute atomic E-state index is 0.361. The van der Waals surface area contributed by atoms with Gasteiger partial charge in [0.25, 0.3) is 0 Å². The number of benzene rings is 3. The third-order valence-corrected chi connectivity index (χ3v) is 6.48. The maximum absolute atomic E-state index is 9.57. The molecule has 0 saturated carbocycles. The van der Waals surface area contributed by atoms with Gasteiger partial charge in [0, 0.05) is 29.8 Å². The molecule has 160 valence electrons. The fraction of sp³-hybridized carbons (Fsp3) is 0.148. The largest absolute Gasteiger partial charge is 0.312 e. The van der Waals surface area contributed by atoms with Gasteiger partial charge < -0.3 is 9.47 Å². The second kappa shape index (κ2) is 6.89. The number of rotatable bonds is 3. The lowest BCUT2D eigenvalue weighted by Gasteiger charge is -2.16. The van der Waals surface area contributed by atoms with E-state index in [1.807, 2.05) is 40.4 Å². The highest BCUT2D eigenvalue weighted by Gasteiger charge is 2.21. The van der Waals surface area contributed by atoms with Gasteiger partial charge in [-0.15, -0.1) is 0 Å². The van der Waals surface area contributed by atoms with Crippen LogP contribution < -0.4 is 5.62 Å². The zero-order valence-corrected chi connectivity index (χ0v) is 18.7. The van der Waals surface area contributed by atoms with E-state index in [0.717, 1.165) is 55.9 Å². The normalized spacial score (nSPS) is 12.0. The maximum Gasteiger partial charge on any atom is 0.207 e. The fourth-order valence-corrected chi connectivity index (χ4v) is 5.06. The van der Waals surface area contributed by atoms with Crippen molar-refractivity contribution in [2.75, 3.05) is 14.1 Å². The van der Waals surface area contributed by atoms with E-state index in [9.17, 15) is 5.26 Å². The van der Waals surface area contributed by atoms with E-state index < -0.39 is 0 Å². The van der Waals surface area contributed by atoms with Gasteiger partial charge in [0.05, 0.1) is 39.9 Å². The highest BCUT2D eigenvalue weighted by Crippen LogP contribution is 2.40. The Hall–Kier alpha value is -4.21. The molecular formula is C27H22N6. The topological polar surface area (TPSA) is 73.1 Å². The molecule has 1 N–H and O–H groups in total. The van der Waals surface area contributed by atoms with E-state index in [2.05, 4.69) is 61.5 Å². The molecule has 0 fully saturated rings. The Morgan fingerprint density at radius 3 is 2.67 bits per heavy atom. The Bertz CT molecular complexity index is 1810. The van der Waals surface area contributed by atoms with Crippen molar-refractivity contribution in [3.8, 4) is 17.2 Å². The van der Waals surface area contributed by atoms with Gasteiger partial charge in [-0.1, -0.05) is 30.3 Å². The first kappa shape index (κ1) is 19.5. The van der Waals surface area contributed by atoms with Gasteiger partial charge >= 0.3 is 0 Å². The van der Waals surface area contributed by atoms with Crippen molar-refractivity contribution in [1.82, 2.24) is 18.9 Å². The van der Waals surface area contributed by atoms with E-state index in [4.69, 9.17) is 10.4 Å². The van der Waals surface area contributed by atoms with Crippen molar-refractivity contribution in [3.05, 3.63) is 77.5 Å². The quantitative estimate of drug-likeness (QED) is 0.328. The summed E-state index contributed by atoms with van der Waals surface area (Å²) in [7, 11) is 6.04. The number of nitrogens with zero attached hydrogens (tertiary/aromatic N) is 5. The number of aromatic nitrogens is 3. The van der Waals surface area contributed by atoms with E-state index in [0.29, 0.717) is 11.2 Å². The number of nitriles is 1. The lowest BCUT2D eigenvalue weighted by atomic mass is 9.92. The van der Waals surface area contributed by atoms with Crippen LogP contribution in [0, 0.1) is 16.7 Å². The smallest absolute Gasteiger partial charge is 0.207 e. The molecule has 33 heavy (non-hydrogen) atoms. The summed E-state index contributed by atoms with van der Waals surface area (Å²) in [5, 5.41) is 21.5. The molecule has 6 nitrogen and oxygen atoms in total. The summed E-state index contributed by atoms with van der Waals surface area (Å²) in [5.74, 6) is 0. The molecule has 0 aliphatic carbocycles. The predicted molar refractivity (Wildman–Crippen MR) is 131 cm³/mol. The van der Waals surface area contributed by atoms with E-state index in [-0.39, 0.29) is 0 Å². The zero-order valence-electron chi connectivity index (χ0n) is 18.7. The molecule has 0 atom stereocenters. The highest BCUT2D eigenvalue weighted by atomic mass is 15.1. The summed E-state index contributed by atoms with van der Waals surface area (Å²) in [6.45, 7) is 0.867. The maximum atomic E-state index is 9.57. The minimum atomic E-state index is 0.361. The average molecular weight is 431 g/mol. The molecule has 3 aromatic carbocycles. The van der Waals surface area contributed by atoms with Crippen LogP contribution in [0.4, 0.5) is 0 Å². The van der Waals surface area contributed by atoms with Crippen LogP contribution in [0.15, 0.2) is 60.8 Å². The van der Waals surface area contributed by atoms with Crippen LogP contribution in [0.1, 0.15) is 11.1 Å². The summed E-state index contributed by atoms with van der Waals surface area (Å²) >= 11 is 0. The molecule has 6 rings (SSSR count). The van der Waals surface area contributed by atoms with Gasteiger partial charge in [-0.05, 0) is 55.1 Å². The van der Waals surface area contributed by atoms with Crippen LogP contribution in [0.3, 0.4) is 0 Å². The molecule has 0 spiro atoms. The number of pyridine rings is 2. The predicted octanol–water partition coefficient (Wildman–Crippen LogP) is 4.65. The summed E-state index contributed by atoms with van der Waals surface area (Å²) in [4.78, 5) is 6.91. The molecule has 0 saturated heterocycles. The average Bonchev–Trinajstić information content (AvgIpc) is 3.08. The number of aryl methyl sites for hydroxylation is 1. The highest BCUT2D eigenvalue weighted by molar-refractivity contribution is 6.25. The molecule has 0 bridgehead atoms. The second-order valence-electron chi connectivity index (χ2n) is 8.87. The Labute approximate surface area is 190 Å². The molecule has 3 aromatic heterocycles. The van der Waals surface area contributed by atoms with Crippen LogP contribution in [-0.2, 0) is 13.6 Å². The second-order valence-corrected chi connectivity index (χ2v) is 8.87. The number of hydrogen-bond donors (Lipinski definition) is 1. The van der Waals surface area contributed by atoms with Gasteiger partial charge in [0.2, 0.25) is 5.62 Å². The minimum Gasteiger partial charge on any atom is -0.312 e. The van der Waals surface area contributed by atoms with Crippen molar-refractivity contribution in [2.45, 2.75) is 6.54 Å². The Balaban J connectivity index is 1.84. The van der Waals surface area contributed by atoms with Crippen molar-refractivity contribution in [2.24, 2.45) is 7.05 Å². The van der Waals surface area contributed by atoms with E-state index >= 15 is 0 Å². The van der Waals surface area contributed by atoms with Crippen LogP contribution in [-0.4, -0.2) is 32.9 Å². The summed E-state index contributed by atoms with van der Waals surface area (Å²) in [6.07, 6.45) is 1.84. The standard InChI is InChI=1S/C27H22N6/c1-31(2)15-17-5-4-6-18(11-17)19-9-10-21-25-24(19)20-8-7-16(13-28)12-22(20)33-26(25)23(14-30-21)32(3)27(33)29/h4-12,14,29H,15H2,1-3H3. The van der Waals surface area contributed by atoms with Gasteiger partial charge in [-0.2, -0.15) is 5.26 Å². The lowest BCUT2D eigenvalue weighted by molar-refractivity contribution is 0.402. The SMILES string of the molecule is CN(C)Cc1cccc(-c2ccc3ncc4c5c3c2c2ccc(C#N)cc2n5c(=N)n4C)c1. The first-order valence-corrected chi connectivity index (χ1v) is 10.8. The first-order valence-electron chi connectivity index (χ1n) is 10.8. The number of fused-ring (bicyclic) bond motifs is 3. The van der Waals surface area contributed by atoms with Crippen molar-refractivity contribution in [1.29, 1.82) is 10.7 Å². The van der Waals surface area contributed by atoms with Crippen LogP contribution in [0.25, 0.3) is 49.4 Å². The van der Waals surface area contributed by atoms with Crippen molar-refractivity contribution >= 4 is 38.2 Å². The fourth-order valence-electron chi connectivity index (χ4n) is 5.06. The zero-order chi connectivity index (χ0) is 22.9. The Morgan fingerprint density at radius 2 is 1.88 bits per heavy atom. The van der Waals surface area contributed by atoms with Crippen LogP contribution in [0.2, 0.25) is 0 Å². The van der Waals surface area contributed by atoms with Gasteiger partial charge in [0.15, 0.2) is 0 Å². The van der Waals surface area contributed by atoms with Crippen molar-refractivity contribution < 1.29 is 0 Å². The molecule has 0 amide bonds. The third-order valence-electron chi connectivity index (χ3n) is 6.48. The molecule has 0 aliphatic heterocycles. The molecule has 6 heteroatoms. The number of hydrogen-bond acceptors (Lipinski definition) is 4. The number of imidazole rings is 1. The van der Waals surface area contributed by atoms with Gasteiger partial charge in [-0.25, -0.2) is 0 Å². The molecule has 0 unspecified atom stereocenters. The van der Waals surface area contributed by atoms with Crippen LogP contribution in [0.5, 0.6) is 0 Å². The molecule has 6 aromatic rings. The molecule has 3 heterocycles. The number of nitrogens with one attached hydrogen (secondary N) is 1. The summed E-state index contributed by atoms with van der Waals surface area (Å²) in [5.41, 5.74) is 8.11. The summed E-state index contributed by atoms with van der Waals surface area (Å²) < 4.78 is 3.80. The Kier molecular flexibility index (Phi) is 4.07. The molecular weight excluding hydrogens is 408 g/mol. The Morgan fingerprint density at radius 1 is 1.03 bits per heavy atom. The first-order chi connectivity index (χ1) is 16.0. The van der Waals surface area contributed by atoms with Gasteiger partial charge in [0.1, 0.15) is 0 Å². The van der Waals surface area contributed by atoms with Crippen molar-refractivity contribution in [3.63, 3.8) is 0 Å². The monoisotopic (exact) mass is 430 g/mol. The summed E-state index contributed by atoms with van der Waals surface area (Å²) in [6, 6.07) is 20.9. The molecule has 0 aliphatic rings. The lowest BCUT2D eigenvalue weighted by Crippen LogP contribution is -2.17. The molecule has 0 radical (unpaired) electrons. The van der Waals surface area contributed by atoms with Crippen LogP contribution >= 0.6 is 0 Å². The third kappa shape index (κ3) is 2.70. The van der Waals surface area contributed by atoms with Gasteiger partial charge in [-0.3, -0.25) is 14.8 Å². The van der Waals surface area contributed by atoms with E-state index in [1.165, 1.54) is 5.56 Å². The van der Waals surface area contributed by atoms with E-state index in [1.54, 1.807) is 0 Å².